The van der Waals surface area contributed by atoms with E-state index in [0.29, 0.717) is 5.39 Å². The van der Waals surface area contributed by atoms with Gasteiger partial charge in [-0.1, -0.05) is 18.2 Å². The van der Waals surface area contributed by atoms with Crippen molar-refractivity contribution in [1.29, 1.82) is 0 Å². The predicted octanol–water partition coefficient (Wildman–Crippen LogP) is 3.32. The molecular weight excluding hydrogens is 290 g/mol. The summed E-state index contributed by atoms with van der Waals surface area (Å²) in [6.07, 6.45) is 4.69. The fourth-order valence-electron chi connectivity index (χ4n) is 1.97. The summed E-state index contributed by atoms with van der Waals surface area (Å²) in [5.41, 5.74) is 0.915. The molecule has 0 aliphatic heterocycles. The van der Waals surface area contributed by atoms with Crippen molar-refractivity contribution >= 4 is 42.4 Å². The monoisotopic (exact) mass is 303 g/mol. The van der Waals surface area contributed by atoms with Crippen LogP contribution in [0.2, 0.25) is 0 Å². The zero-order valence-corrected chi connectivity index (χ0v) is 12.4. The molecule has 0 aliphatic rings. The Kier molecular flexibility index (Phi) is 4.25. The topological polar surface area (TPSA) is 39.1 Å². The van der Waals surface area contributed by atoms with Crippen molar-refractivity contribution in [1.82, 2.24) is 4.57 Å². The number of hydrogen-bond acceptors (Lipinski definition) is 3. The van der Waals surface area contributed by atoms with Crippen molar-refractivity contribution in [2.75, 3.05) is 12.0 Å². The normalized spacial score (nSPS) is 12.1. The third-order valence-corrected chi connectivity index (χ3v) is 4.81. The van der Waals surface area contributed by atoms with Gasteiger partial charge in [0.05, 0.1) is 0 Å². The molecule has 0 aliphatic carbocycles. The first-order valence-electron chi connectivity index (χ1n) is 5.55. The summed E-state index contributed by atoms with van der Waals surface area (Å²) in [6, 6.07) is 7.42. The molecule has 0 unspecified atom stereocenters. The Hall–Kier alpha value is -0.650. The summed E-state index contributed by atoms with van der Waals surface area (Å²) in [6.45, 7) is 0.799. The smallest absolute Gasteiger partial charge is 0.263 e. The average Bonchev–Trinajstić information content (AvgIpc) is 2.69. The Morgan fingerprint density at radius 1 is 1.33 bits per heavy atom. The second-order valence-corrected chi connectivity index (χ2v) is 7.51. The molecule has 0 radical (unpaired) electrons. The molecule has 18 heavy (non-hydrogen) atoms. The highest BCUT2D eigenvalue weighted by Crippen LogP contribution is 2.28. The van der Waals surface area contributed by atoms with E-state index in [1.165, 1.54) is 0 Å². The van der Waals surface area contributed by atoms with Crippen LogP contribution in [0.1, 0.15) is 6.42 Å². The third-order valence-electron chi connectivity index (χ3n) is 2.76. The number of rotatable bonds is 5. The first kappa shape index (κ1) is 13.8. The lowest BCUT2D eigenvalue weighted by atomic mass is 10.2. The van der Waals surface area contributed by atoms with Crippen LogP contribution in [0.15, 0.2) is 35.4 Å². The molecule has 3 nitrogen and oxygen atoms in total. The second-order valence-electron chi connectivity index (χ2n) is 3.99. The third kappa shape index (κ3) is 2.84. The van der Waals surface area contributed by atoms with E-state index in [1.54, 1.807) is 24.0 Å². The summed E-state index contributed by atoms with van der Waals surface area (Å²) < 4.78 is 25.0. The summed E-state index contributed by atoms with van der Waals surface area (Å²) in [4.78, 5) is 0.198. The zero-order chi connectivity index (χ0) is 13.2. The van der Waals surface area contributed by atoms with Gasteiger partial charge >= 0.3 is 0 Å². The van der Waals surface area contributed by atoms with E-state index in [9.17, 15) is 8.42 Å². The number of hydrogen-bond donors (Lipinski definition) is 0. The SMILES string of the molecule is CSCCCn1cc(S(=O)(=O)Cl)c2ccccc21. The van der Waals surface area contributed by atoms with Crippen LogP contribution in [0.3, 0.4) is 0 Å². The molecule has 0 fully saturated rings. The van der Waals surface area contributed by atoms with Crippen LogP contribution in [0.4, 0.5) is 0 Å². The van der Waals surface area contributed by atoms with Gasteiger partial charge in [0.15, 0.2) is 0 Å². The molecule has 0 saturated heterocycles. The van der Waals surface area contributed by atoms with Gasteiger partial charge in [0, 0.05) is 34.3 Å². The molecule has 1 aromatic heterocycles. The maximum Gasteiger partial charge on any atom is 0.263 e. The fraction of sp³-hybridized carbons (Fsp3) is 0.333. The van der Waals surface area contributed by atoms with Crippen molar-refractivity contribution in [2.45, 2.75) is 17.9 Å². The molecule has 98 valence electrons. The Labute approximate surface area is 116 Å². The minimum absolute atomic E-state index is 0.198. The van der Waals surface area contributed by atoms with Crippen molar-refractivity contribution in [3.8, 4) is 0 Å². The maximum absolute atomic E-state index is 11.5. The average molecular weight is 304 g/mol. The minimum Gasteiger partial charge on any atom is -0.346 e. The quantitative estimate of drug-likeness (QED) is 0.628. The number of thioether (sulfide) groups is 1. The van der Waals surface area contributed by atoms with Crippen LogP contribution >= 0.6 is 22.4 Å². The van der Waals surface area contributed by atoms with E-state index < -0.39 is 9.05 Å². The Balaban J connectivity index is 2.48. The minimum atomic E-state index is -3.69. The van der Waals surface area contributed by atoms with E-state index in [-0.39, 0.29) is 4.90 Å². The van der Waals surface area contributed by atoms with Gasteiger partial charge in [-0.05, 0) is 24.5 Å². The molecule has 0 bridgehead atoms. The summed E-state index contributed by atoms with van der Waals surface area (Å²) in [5.74, 6) is 1.05. The second kappa shape index (κ2) is 5.55. The van der Waals surface area contributed by atoms with Crippen LogP contribution in [-0.2, 0) is 15.6 Å². The Morgan fingerprint density at radius 2 is 2.06 bits per heavy atom. The molecule has 2 aromatic rings. The van der Waals surface area contributed by atoms with E-state index in [4.69, 9.17) is 10.7 Å². The molecule has 2 rings (SSSR count). The van der Waals surface area contributed by atoms with E-state index in [2.05, 4.69) is 6.26 Å². The number of nitrogens with zero attached hydrogens (tertiary/aromatic N) is 1. The highest BCUT2D eigenvalue weighted by molar-refractivity contribution is 8.14. The van der Waals surface area contributed by atoms with Crippen LogP contribution < -0.4 is 0 Å². The fourth-order valence-corrected chi connectivity index (χ4v) is 3.45. The van der Waals surface area contributed by atoms with Crippen LogP contribution in [0.25, 0.3) is 10.9 Å². The number of aryl methyl sites for hydroxylation is 1. The van der Waals surface area contributed by atoms with Crippen LogP contribution in [0, 0.1) is 0 Å². The van der Waals surface area contributed by atoms with Gasteiger partial charge in [0.2, 0.25) is 0 Å². The molecule has 0 spiro atoms. The highest BCUT2D eigenvalue weighted by Gasteiger charge is 2.17. The number of halogens is 1. The Bertz CT molecular complexity index is 649. The first-order valence-corrected chi connectivity index (χ1v) is 9.26. The van der Waals surface area contributed by atoms with Crippen LogP contribution in [0.5, 0.6) is 0 Å². The summed E-state index contributed by atoms with van der Waals surface area (Å²) >= 11 is 1.78. The van der Waals surface area contributed by atoms with Gasteiger partial charge in [-0.2, -0.15) is 11.8 Å². The molecule has 6 heteroatoms. The molecule has 0 atom stereocenters. The summed E-state index contributed by atoms with van der Waals surface area (Å²) in [5, 5.41) is 0.691. The highest BCUT2D eigenvalue weighted by atomic mass is 35.7. The Morgan fingerprint density at radius 3 is 2.72 bits per heavy atom. The van der Waals surface area contributed by atoms with Crippen LogP contribution in [-0.4, -0.2) is 25.0 Å². The van der Waals surface area contributed by atoms with Gasteiger partial charge in [-0.25, -0.2) is 8.42 Å². The van der Waals surface area contributed by atoms with Gasteiger partial charge in [0.25, 0.3) is 9.05 Å². The van der Waals surface area contributed by atoms with Crippen molar-refractivity contribution in [2.24, 2.45) is 0 Å². The molecule has 0 amide bonds. The molecule has 1 aromatic carbocycles. The lowest BCUT2D eigenvalue weighted by molar-refractivity contribution is 0.609. The molecule has 0 N–H and O–H groups in total. The first-order chi connectivity index (χ1) is 8.54. The van der Waals surface area contributed by atoms with Gasteiger partial charge in [-0.15, -0.1) is 0 Å². The van der Waals surface area contributed by atoms with E-state index in [0.717, 1.165) is 24.2 Å². The molecule has 1 heterocycles. The number of fused-ring (bicyclic) bond motifs is 1. The maximum atomic E-state index is 11.5. The predicted molar refractivity (Wildman–Crippen MR) is 78.0 cm³/mol. The summed E-state index contributed by atoms with van der Waals surface area (Å²) in [7, 11) is 1.77. The van der Waals surface area contributed by atoms with Crippen molar-refractivity contribution in [3.05, 3.63) is 30.5 Å². The number of benzene rings is 1. The lowest BCUT2D eigenvalue weighted by Crippen LogP contribution is -1.97. The van der Waals surface area contributed by atoms with E-state index >= 15 is 0 Å². The number of para-hydroxylation sites is 1. The van der Waals surface area contributed by atoms with Gasteiger partial charge in [0.1, 0.15) is 4.90 Å². The van der Waals surface area contributed by atoms with Gasteiger partial charge < -0.3 is 4.57 Å². The van der Waals surface area contributed by atoms with Crippen molar-refractivity contribution < 1.29 is 8.42 Å². The molecule has 0 saturated carbocycles. The molecular formula is C12H14ClNO2S2. The van der Waals surface area contributed by atoms with E-state index in [1.807, 2.05) is 22.8 Å². The lowest BCUT2D eigenvalue weighted by Gasteiger charge is -2.03. The largest absolute Gasteiger partial charge is 0.346 e. The standard InChI is InChI=1S/C12H14ClNO2S2/c1-17-8-4-7-14-9-12(18(13,15)16)10-5-2-3-6-11(10)14/h2-3,5-6,9H,4,7-8H2,1H3. The zero-order valence-electron chi connectivity index (χ0n) is 9.97. The van der Waals surface area contributed by atoms with Crippen molar-refractivity contribution in [3.63, 3.8) is 0 Å². The number of aromatic nitrogens is 1. The van der Waals surface area contributed by atoms with Gasteiger partial charge in [-0.3, -0.25) is 0 Å².